The van der Waals surface area contributed by atoms with Gasteiger partial charge in [0, 0.05) is 32.7 Å². The number of hydrogen-bond acceptors (Lipinski definition) is 1. The molecule has 0 aromatic heterocycles. The van der Waals surface area contributed by atoms with Crippen LogP contribution in [0.25, 0.3) is 6.15 Å². The van der Waals surface area contributed by atoms with Crippen LogP contribution in [-0.4, -0.2) is 6.29 Å². The van der Waals surface area contributed by atoms with Crippen LogP contribution in [0.5, 0.6) is 0 Å². The molecule has 0 aliphatic rings. The molecule has 0 fully saturated rings. The van der Waals surface area contributed by atoms with Crippen molar-refractivity contribution in [3.63, 3.8) is 0 Å². The molecule has 0 heterocycles. The van der Waals surface area contributed by atoms with Crippen molar-refractivity contribution in [1.82, 2.24) is 0 Å². The molecule has 2 N–H and O–H groups in total. The molecule has 1 radical (unpaired) electrons. The summed E-state index contributed by atoms with van der Waals surface area (Å²) < 4.78 is 0. The third kappa shape index (κ3) is 65.7. The molecule has 0 atom stereocenters. The zero-order valence-corrected chi connectivity index (χ0v) is 5.90. The Morgan fingerprint density at radius 2 is 1.60 bits per heavy atom. The minimum atomic E-state index is 0. The van der Waals surface area contributed by atoms with E-state index < -0.39 is 0 Å². The Labute approximate surface area is 56.8 Å². The van der Waals surface area contributed by atoms with E-state index in [0.717, 1.165) is 0 Å². The van der Waals surface area contributed by atoms with Gasteiger partial charge in [-0.3, -0.25) is 6.29 Å². The molecule has 0 saturated heterocycles. The Bertz CT molecular complexity index is 17.1. The molecule has 0 unspecified atom stereocenters. The van der Waals surface area contributed by atoms with Gasteiger partial charge in [-0.05, 0) is 0 Å². The van der Waals surface area contributed by atoms with Gasteiger partial charge in [0.25, 0.3) is 0 Å². The third-order valence-corrected chi connectivity index (χ3v) is 0. The van der Waals surface area contributed by atoms with E-state index >= 15 is 0 Å². The minimum absolute atomic E-state index is 0. The second-order valence-corrected chi connectivity index (χ2v) is 0.204. The van der Waals surface area contributed by atoms with Gasteiger partial charge in [0.1, 0.15) is 0 Å². The maximum Gasteiger partial charge on any atom is 0 e. The van der Waals surface area contributed by atoms with Gasteiger partial charge in [-0.15, -0.1) is 0 Å². The van der Waals surface area contributed by atoms with Crippen molar-refractivity contribution in [3.8, 4) is 0 Å². The maximum atomic E-state index is 8.68. The van der Waals surface area contributed by atoms with Gasteiger partial charge in [0.05, 0.1) is 0 Å². The first-order chi connectivity index (χ1) is 1.41. The number of rotatable bonds is 0. The Morgan fingerprint density at radius 3 is 1.60 bits per heavy atom. The molecule has 0 amide bonds. The fourth-order valence-electron chi connectivity index (χ4n) is 0. The van der Waals surface area contributed by atoms with E-state index in [9.17, 15) is 0 Å². The van der Waals surface area contributed by atoms with Gasteiger partial charge in [-0.1, -0.05) is 0 Å². The van der Waals surface area contributed by atoms with E-state index in [1.165, 1.54) is 13.2 Å². The van der Waals surface area contributed by atoms with Gasteiger partial charge in [-0.25, -0.2) is 0 Å². The molecule has 2 nitrogen and oxygen atoms in total. The molecule has 3 heteroatoms. The van der Waals surface area contributed by atoms with Crippen LogP contribution < -0.4 is 0 Å². The van der Waals surface area contributed by atoms with Crippen LogP contribution >= 0.6 is 0 Å². The van der Waals surface area contributed by atoms with E-state index in [2.05, 4.69) is 0 Å². The van der Waals surface area contributed by atoms with Crippen LogP contribution in [0.4, 0.5) is 0 Å². The molecule has 0 aliphatic carbocycles. The molecule has 0 aromatic carbocycles. The summed E-state index contributed by atoms with van der Waals surface area (Å²) in [6.07, 6.45) is 1.50. The molecule has 0 aliphatic heterocycles. The predicted octanol–water partition coefficient (Wildman–Crippen LogP) is 0.831. The second kappa shape index (κ2) is 22.0. The topological polar surface area (TPSA) is 50.6 Å². The zero-order chi connectivity index (χ0) is 2.71. The van der Waals surface area contributed by atoms with Crippen LogP contribution in [0.2, 0.25) is 0 Å². The summed E-state index contributed by atoms with van der Waals surface area (Å²) in [7, 11) is 0. The average molecular weight is 148 g/mol. The van der Waals surface area contributed by atoms with Crippen LogP contribution in [0.3, 0.4) is 0 Å². The molecule has 5 heavy (non-hydrogen) atoms. The fourth-order valence-corrected chi connectivity index (χ4v) is 0. The number of hydrogen-bond donors (Lipinski definition) is 0. The zero-order valence-electron chi connectivity index (χ0n) is 3.06. The molecule has 0 spiro atoms. The third-order valence-electron chi connectivity index (χ3n) is 0. The Balaban J connectivity index is -0.0000000200. The molecule has 0 bridgehead atoms. The number of nitrogens with two attached hydrogens (primary N) is 1. The first-order valence-electron chi connectivity index (χ1n) is 0.704. The van der Waals surface area contributed by atoms with Gasteiger partial charge >= 0.3 is 0 Å². The predicted molar refractivity (Wildman–Crippen MR) is 16.7 cm³/mol. The first-order valence-corrected chi connectivity index (χ1v) is 0.704. The van der Waals surface area contributed by atoms with Gasteiger partial charge in [0.15, 0.2) is 0 Å². The Hall–Kier alpha value is 0.734. The summed E-state index contributed by atoms with van der Waals surface area (Å²) >= 11 is 0. The van der Waals surface area contributed by atoms with Crippen molar-refractivity contribution in [3.05, 3.63) is 6.15 Å². The van der Waals surface area contributed by atoms with E-state index in [1.807, 2.05) is 0 Å². The van der Waals surface area contributed by atoms with E-state index in [-0.39, 0.29) is 38.9 Å². The van der Waals surface area contributed by atoms with E-state index in [1.54, 1.807) is 0 Å². The molecule has 0 saturated carbocycles. The van der Waals surface area contributed by atoms with Crippen molar-refractivity contribution >= 4 is 6.29 Å². The van der Waals surface area contributed by atoms with Crippen molar-refractivity contribution in [2.45, 2.75) is 6.92 Å². The number of carbonyl (C=O) groups excluding carboxylic acids is 1. The first kappa shape index (κ1) is 17.2. The summed E-state index contributed by atoms with van der Waals surface area (Å²) in [5, 5.41) is 0. The summed E-state index contributed by atoms with van der Waals surface area (Å²) in [5.41, 5.74) is 0. The van der Waals surface area contributed by atoms with Crippen molar-refractivity contribution in [1.29, 1.82) is 0 Å². The second-order valence-electron chi connectivity index (χ2n) is 0.204. The molecular formula is C2H5NOY-2. The molecular weight excluding hydrogens is 143 g/mol. The van der Waals surface area contributed by atoms with Gasteiger partial charge < -0.3 is 10.9 Å². The maximum absolute atomic E-state index is 8.68. The SMILES string of the molecule is C[C-]=O.[NH2-].[Y]. The normalized spacial score (nSPS) is 2.60. The standard InChI is InChI=1S/C2H3O.H2N.Y/c1-2-3;;/h1H3;1H2;/q2*-1;. The summed E-state index contributed by atoms with van der Waals surface area (Å²) in [6.45, 7) is 1.32. The smallest absolute Gasteiger partial charge is 0 e. The van der Waals surface area contributed by atoms with E-state index in [0.29, 0.717) is 0 Å². The van der Waals surface area contributed by atoms with Gasteiger partial charge in [-0.2, -0.15) is 6.92 Å². The summed E-state index contributed by atoms with van der Waals surface area (Å²) in [6, 6.07) is 0. The van der Waals surface area contributed by atoms with E-state index in [4.69, 9.17) is 4.79 Å². The minimum Gasteiger partial charge on any atom is -0.693 e. The van der Waals surface area contributed by atoms with Crippen molar-refractivity contribution in [2.75, 3.05) is 0 Å². The Morgan fingerprint density at radius 1 is 1.60 bits per heavy atom. The summed E-state index contributed by atoms with van der Waals surface area (Å²) in [4.78, 5) is 8.68. The monoisotopic (exact) mass is 148 g/mol. The van der Waals surface area contributed by atoms with Crippen LogP contribution in [0.1, 0.15) is 6.92 Å². The van der Waals surface area contributed by atoms with Crippen LogP contribution in [0.15, 0.2) is 0 Å². The molecule has 29 valence electrons. The van der Waals surface area contributed by atoms with Crippen molar-refractivity contribution < 1.29 is 37.5 Å². The summed E-state index contributed by atoms with van der Waals surface area (Å²) in [5.74, 6) is 0. The quantitative estimate of drug-likeness (QED) is 0.469. The molecule has 0 rings (SSSR count). The van der Waals surface area contributed by atoms with Crippen LogP contribution in [0, 0.1) is 0 Å². The molecule has 0 aromatic rings. The Kier molecular flexibility index (Phi) is 75.5. The van der Waals surface area contributed by atoms with Crippen molar-refractivity contribution in [2.24, 2.45) is 0 Å². The average Bonchev–Trinajstić information content (AvgIpc) is 0.918. The van der Waals surface area contributed by atoms with Crippen LogP contribution in [-0.2, 0) is 37.5 Å². The van der Waals surface area contributed by atoms with Gasteiger partial charge in [0.2, 0.25) is 0 Å². The fraction of sp³-hybridized carbons (Fsp3) is 0.500. The largest absolute Gasteiger partial charge is 0.693 e.